The average molecular weight is 407 g/mol. The van der Waals surface area contributed by atoms with Gasteiger partial charge in [0.25, 0.3) is 5.56 Å². The van der Waals surface area contributed by atoms with Crippen LogP contribution in [-0.4, -0.2) is 24.7 Å². The number of aromatic amines is 1. The van der Waals surface area contributed by atoms with Crippen molar-refractivity contribution in [1.29, 1.82) is 0 Å². The van der Waals surface area contributed by atoms with E-state index in [9.17, 15) is 9.18 Å². The van der Waals surface area contributed by atoms with E-state index in [4.69, 9.17) is 0 Å². The summed E-state index contributed by atoms with van der Waals surface area (Å²) in [4.78, 5) is 19.9. The van der Waals surface area contributed by atoms with Crippen LogP contribution in [0.2, 0.25) is 0 Å². The number of fused-ring (bicyclic) bond motifs is 1. The largest absolute Gasteiger partial charge is 0.309 e. The number of H-pyrrole nitrogens is 1. The molecule has 1 atom stereocenters. The third-order valence-electron chi connectivity index (χ3n) is 4.99. The normalized spacial score (nSPS) is 15.0. The van der Waals surface area contributed by atoms with Crippen molar-refractivity contribution in [2.75, 3.05) is 0 Å². The molecule has 5 rings (SSSR count). The molecule has 2 heterocycles. The molecule has 29 heavy (non-hydrogen) atoms. The van der Waals surface area contributed by atoms with Crippen LogP contribution in [0.15, 0.2) is 58.5 Å². The predicted octanol–water partition coefficient (Wildman–Crippen LogP) is 4.51. The standard InChI is InChI=1S/C21H18FN5OS/c1-12(18-23-17-9-5-3-7-15(17)20(28)24-18)29-21-26-25-19(27(21)13-10-11-13)14-6-2-4-8-16(14)22/h2-9,12-13H,10-11H2,1H3,(H,23,24,28)/t12-/m1/s1. The molecule has 0 saturated heterocycles. The molecule has 0 unspecified atom stereocenters. The van der Waals surface area contributed by atoms with Crippen molar-refractivity contribution in [3.8, 4) is 11.4 Å². The third kappa shape index (κ3) is 3.33. The van der Waals surface area contributed by atoms with E-state index in [2.05, 4.69) is 20.2 Å². The van der Waals surface area contributed by atoms with Crippen LogP contribution < -0.4 is 5.56 Å². The number of nitrogens with one attached hydrogen (secondary N) is 1. The van der Waals surface area contributed by atoms with E-state index in [-0.39, 0.29) is 22.7 Å². The summed E-state index contributed by atoms with van der Waals surface area (Å²) in [6.07, 6.45) is 2.04. The lowest BCUT2D eigenvalue weighted by Crippen LogP contribution is -2.13. The number of thioether (sulfide) groups is 1. The first kappa shape index (κ1) is 18.1. The van der Waals surface area contributed by atoms with Crippen LogP contribution in [-0.2, 0) is 0 Å². The van der Waals surface area contributed by atoms with Crippen molar-refractivity contribution in [3.05, 3.63) is 70.5 Å². The molecule has 4 aromatic rings. The lowest BCUT2D eigenvalue weighted by Gasteiger charge is -2.13. The van der Waals surface area contributed by atoms with Gasteiger partial charge in [-0.1, -0.05) is 36.0 Å². The van der Waals surface area contributed by atoms with E-state index < -0.39 is 0 Å². The lowest BCUT2D eigenvalue weighted by atomic mass is 10.2. The highest BCUT2D eigenvalue weighted by molar-refractivity contribution is 7.99. The second-order valence-electron chi connectivity index (χ2n) is 7.12. The highest BCUT2D eigenvalue weighted by Gasteiger charge is 2.31. The number of aromatic nitrogens is 5. The molecule has 1 saturated carbocycles. The van der Waals surface area contributed by atoms with E-state index in [1.807, 2.05) is 29.7 Å². The predicted molar refractivity (Wildman–Crippen MR) is 110 cm³/mol. The fourth-order valence-corrected chi connectivity index (χ4v) is 4.33. The monoisotopic (exact) mass is 407 g/mol. The molecule has 8 heteroatoms. The van der Waals surface area contributed by atoms with Gasteiger partial charge in [-0.2, -0.15) is 0 Å². The molecule has 0 bridgehead atoms. The fourth-order valence-electron chi connectivity index (χ4n) is 3.36. The Morgan fingerprint density at radius 3 is 2.69 bits per heavy atom. The Balaban J connectivity index is 1.51. The SMILES string of the molecule is C[C@@H](Sc1nnc(-c2ccccc2F)n1C1CC1)c1nc2ccccc2c(=O)[nH]1. The van der Waals surface area contributed by atoms with Gasteiger partial charge in [0.15, 0.2) is 11.0 Å². The van der Waals surface area contributed by atoms with Gasteiger partial charge in [-0.3, -0.25) is 9.36 Å². The smallest absolute Gasteiger partial charge is 0.258 e. The molecule has 1 aliphatic carbocycles. The zero-order valence-electron chi connectivity index (χ0n) is 15.7. The minimum Gasteiger partial charge on any atom is -0.309 e. The number of para-hydroxylation sites is 1. The van der Waals surface area contributed by atoms with Crippen LogP contribution in [0, 0.1) is 5.82 Å². The molecule has 6 nitrogen and oxygen atoms in total. The Morgan fingerprint density at radius 1 is 1.14 bits per heavy atom. The maximum Gasteiger partial charge on any atom is 0.258 e. The average Bonchev–Trinajstić information content (AvgIpc) is 3.49. The topological polar surface area (TPSA) is 76.5 Å². The van der Waals surface area contributed by atoms with E-state index in [0.717, 1.165) is 12.8 Å². The Bertz CT molecular complexity index is 1260. The first-order chi connectivity index (χ1) is 14.1. The molecular weight excluding hydrogens is 389 g/mol. The minimum absolute atomic E-state index is 0.150. The molecule has 1 aliphatic rings. The van der Waals surface area contributed by atoms with Gasteiger partial charge in [0.2, 0.25) is 0 Å². The van der Waals surface area contributed by atoms with Crippen LogP contribution in [0.5, 0.6) is 0 Å². The van der Waals surface area contributed by atoms with Gasteiger partial charge in [-0.25, -0.2) is 9.37 Å². The van der Waals surface area contributed by atoms with Crippen molar-refractivity contribution >= 4 is 22.7 Å². The van der Waals surface area contributed by atoms with Gasteiger partial charge in [0.1, 0.15) is 11.6 Å². The Labute approximate surface area is 170 Å². The first-order valence-corrected chi connectivity index (χ1v) is 10.3. The van der Waals surface area contributed by atoms with E-state index in [0.29, 0.717) is 33.3 Å². The number of hydrogen-bond donors (Lipinski definition) is 1. The Morgan fingerprint density at radius 2 is 1.90 bits per heavy atom. The molecule has 0 spiro atoms. The van der Waals surface area contributed by atoms with E-state index in [1.165, 1.54) is 17.8 Å². The second kappa shape index (κ2) is 7.11. The van der Waals surface area contributed by atoms with Crippen LogP contribution >= 0.6 is 11.8 Å². The summed E-state index contributed by atoms with van der Waals surface area (Å²) in [6, 6.07) is 14.2. The van der Waals surface area contributed by atoms with Crippen molar-refractivity contribution < 1.29 is 4.39 Å². The molecule has 0 aliphatic heterocycles. The quantitative estimate of drug-likeness (QED) is 0.493. The molecule has 0 radical (unpaired) electrons. The van der Waals surface area contributed by atoms with Crippen LogP contribution in [0.3, 0.4) is 0 Å². The summed E-state index contributed by atoms with van der Waals surface area (Å²) < 4.78 is 16.3. The summed E-state index contributed by atoms with van der Waals surface area (Å²) in [7, 11) is 0. The molecule has 0 amide bonds. The summed E-state index contributed by atoms with van der Waals surface area (Å²) in [5.74, 6) is 0.809. The maximum atomic E-state index is 14.3. The summed E-state index contributed by atoms with van der Waals surface area (Å²) in [6.45, 7) is 1.96. The third-order valence-corrected chi connectivity index (χ3v) is 6.06. The summed E-state index contributed by atoms with van der Waals surface area (Å²) >= 11 is 1.46. The van der Waals surface area contributed by atoms with Gasteiger partial charge in [0, 0.05) is 6.04 Å². The Kier molecular flexibility index (Phi) is 4.43. The van der Waals surface area contributed by atoms with Crippen LogP contribution in [0.1, 0.15) is 36.9 Å². The van der Waals surface area contributed by atoms with Gasteiger partial charge >= 0.3 is 0 Å². The number of rotatable bonds is 5. The van der Waals surface area contributed by atoms with Crippen molar-refractivity contribution in [2.45, 2.75) is 36.2 Å². The minimum atomic E-state index is -0.313. The number of halogens is 1. The zero-order chi connectivity index (χ0) is 20.0. The van der Waals surface area contributed by atoms with Crippen LogP contribution in [0.4, 0.5) is 4.39 Å². The van der Waals surface area contributed by atoms with Gasteiger partial charge in [-0.05, 0) is 44.0 Å². The van der Waals surface area contributed by atoms with Gasteiger partial charge in [-0.15, -0.1) is 10.2 Å². The molecule has 2 aromatic carbocycles. The Hall–Kier alpha value is -3.00. The van der Waals surface area contributed by atoms with Gasteiger partial charge < -0.3 is 4.98 Å². The summed E-state index contributed by atoms with van der Waals surface area (Å²) in [5.41, 5.74) is 0.951. The molecular formula is C21H18FN5OS. The van der Waals surface area contributed by atoms with E-state index >= 15 is 0 Å². The van der Waals surface area contributed by atoms with Crippen molar-refractivity contribution in [2.24, 2.45) is 0 Å². The second-order valence-corrected chi connectivity index (χ2v) is 8.42. The van der Waals surface area contributed by atoms with Gasteiger partial charge in [0.05, 0.1) is 21.7 Å². The molecule has 1 N–H and O–H groups in total. The number of benzene rings is 2. The van der Waals surface area contributed by atoms with Crippen molar-refractivity contribution in [3.63, 3.8) is 0 Å². The fraction of sp³-hybridized carbons (Fsp3) is 0.238. The summed E-state index contributed by atoms with van der Waals surface area (Å²) in [5, 5.41) is 9.74. The maximum absolute atomic E-state index is 14.3. The molecule has 2 aromatic heterocycles. The first-order valence-electron chi connectivity index (χ1n) is 9.47. The number of hydrogen-bond acceptors (Lipinski definition) is 5. The highest BCUT2D eigenvalue weighted by atomic mass is 32.2. The molecule has 1 fully saturated rings. The van der Waals surface area contributed by atoms with Crippen molar-refractivity contribution in [1.82, 2.24) is 24.7 Å². The highest BCUT2D eigenvalue weighted by Crippen LogP contribution is 2.43. The zero-order valence-corrected chi connectivity index (χ0v) is 16.5. The molecule has 146 valence electrons. The van der Waals surface area contributed by atoms with Crippen LogP contribution in [0.25, 0.3) is 22.3 Å². The lowest BCUT2D eigenvalue weighted by molar-refractivity contribution is 0.622. The number of nitrogens with zero attached hydrogens (tertiary/aromatic N) is 4. The van der Waals surface area contributed by atoms with E-state index in [1.54, 1.807) is 24.3 Å².